The van der Waals surface area contributed by atoms with Crippen molar-refractivity contribution in [1.29, 1.82) is 0 Å². The molecule has 0 radical (unpaired) electrons. The molecular weight excluding hydrogens is 272 g/mol. The SMILES string of the molecule is Cc1ccnc(NC(=O)CCCN2C(=O)CN(C)C2=O)c1. The molecule has 2 heterocycles. The van der Waals surface area contributed by atoms with Crippen LogP contribution >= 0.6 is 0 Å². The van der Waals surface area contributed by atoms with Crippen LogP contribution in [0.25, 0.3) is 0 Å². The van der Waals surface area contributed by atoms with Gasteiger partial charge in [-0.3, -0.25) is 14.5 Å². The first-order valence-corrected chi connectivity index (χ1v) is 6.75. The number of urea groups is 1. The van der Waals surface area contributed by atoms with E-state index in [1.165, 1.54) is 9.80 Å². The van der Waals surface area contributed by atoms with Crippen molar-refractivity contribution in [1.82, 2.24) is 14.8 Å². The molecule has 0 aliphatic carbocycles. The van der Waals surface area contributed by atoms with Gasteiger partial charge in [0.2, 0.25) is 11.8 Å². The Morgan fingerprint density at radius 2 is 2.19 bits per heavy atom. The number of nitrogens with zero attached hydrogens (tertiary/aromatic N) is 3. The van der Waals surface area contributed by atoms with Crippen molar-refractivity contribution in [3.63, 3.8) is 0 Å². The standard InChI is InChI=1S/C14H18N4O3/c1-10-5-6-15-11(8-10)16-12(19)4-3-7-18-13(20)9-17(2)14(18)21/h5-6,8H,3-4,7,9H2,1-2H3,(H,15,16,19). The minimum absolute atomic E-state index is 0.109. The summed E-state index contributed by atoms with van der Waals surface area (Å²) in [5.41, 5.74) is 1.01. The molecule has 0 unspecified atom stereocenters. The van der Waals surface area contributed by atoms with E-state index in [0.29, 0.717) is 12.2 Å². The summed E-state index contributed by atoms with van der Waals surface area (Å²) in [5, 5.41) is 2.69. The minimum Gasteiger partial charge on any atom is -0.318 e. The average Bonchev–Trinajstić information content (AvgIpc) is 2.65. The first kappa shape index (κ1) is 15.0. The lowest BCUT2D eigenvalue weighted by Crippen LogP contribution is -2.32. The predicted octanol–water partition coefficient (Wildman–Crippen LogP) is 1.00. The van der Waals surface area contributed by atoms with Gasteiger partial charge in [0.15, 0.2) is 0 Å². The molecule has 112 valence electrons. The summed E-state index contributed by atoms with van der Waals surface area (Å²) in [5.74, 6) is 0.108. The van der Waals surface area contributed by atoms with Crippen LogP contribution in [-0.4, -0.2) is 52.8 Å². The van der Waals surface area contributed by atoms with Crippen molar-refractivity contribution < 1.29 is 14.4 Å². The molecule has 1 saturated heterocycles. The lowest BCUT2D eigenvalue weighted by atomic mass is 10.2. The van der Waals surface area contributed by atoms with Gasteiger partial charge in [-0.05, 0) is 31.0 Å². The minimum atomic E-state index is -0.305. The van der Waals surface area contributed by atoms with Crippen molar-refractivity contribution in [3.8, 4) is 0 Å². The Hall–Kier alpha value is -2.44. The maximum Gasteiger partial charge on any atom is 0.326 e. The Morgan fingerprint density at radius 3 is 2.81 bits per heavy atom. The molecule has 7 nitrogen and oxygen atoms in total. The van der Waals surface area contributed by atoms with Crippen LogP contribution < -0.4 is 5.32 Å². The van der Waals surface area contributed by atoms with E-state index in [1.54, 1.807) is 19.3 Å². The Kier molecular flexibility index (Phi) is 4.52. The van der Waals surface area contributed by atoms with Crippen molar-refractivity contribution >= 4 is 23.7 Å². The number of rotatable bonds is 5. The van der Waals surface area contributed by atoms with E-state index in [0.717, 1.165) is 5.56 Å². The number of likely N-dealkylation sites (N-methyl/N-ethyl adjacent to an activating group) is 1. The Labute approximate surface area is 122 Å². The smallest absolute Gasteiger partial charge is 0.318 e. The van der Waals surface area contributed by atoms with Crippen molar-refractivity contribution in [2.45, 2.75) is 19.8 Å². The molecule has 4 amide bonds. The van der Waals surface area contributed by atoms with Crippen LogP contribution in [0, 0.1) is 6.92 Å². The number of hydrogen-bond acceptors (Lipinski definition) is 4. The number of aromatic nitrogens is 1. The third-order valence-electron chi connectivity index (χ3n) is 3.20. The molecule has 0 spiro atoms. The summed E-state index contributed by atoms with van der Waals surface area (Å²) in [6.45, 7) is 2.29. The number of imide groups is 1. The van der Waals surface area contributed by atoms with Crippen molar-refractivity contribution in [3.05, 3.63) is 23.9 Å². The quantitative estimate of drug-likeness (QED) is 0.820. The van der Waals surface area contributed by atoms with Gasteiger partial charge in [0.05, 0.1) is 0 Å². The van der Waals surface area contributed by atoms with E-state index in [-0.39, 0.29) is 37.4 Å². The normalized spacial score (nSPS) is 14.8. The number of hydrogen-bond donors (Lipinski definition) is 1. The monoisotopic (exact) mass is 290 g/mol. The van der Waals surface area contributed by atoms with Crippen LogP contribution in [-0.2, 0) is 9.59 Å². The predicted molar refractivity (Wildman–Crippen MR) is 76.6 cm³/mol. The van der Waals surface area contributed by atoms with Crippen LogP contribution in [0.4, 0.5) is 10.6 Å². The number of pyridine rings is 1. The zero-order valence-electron chi connectivity index (χ0n) is 12.1. The first-order valence-electron chi connectivity index (χ1n) is 6.75. The molecule has 7 heteroatoms. The van der Waals surface area contributed by atoms with Crippen LogP contribution in [0.3, 0.4) is 0 Å². The van der Waals surface area contributed by atoms with Gasteiger partial charge in [-0.15, -0.1) is 0 Å². The van der Waals surface area contributed by atoms with Gasteiger partial charge >= 0.3 is 6.03 Å². The maximum absolute atomic E-state index is 11.8. The van der Waals surface area contributed by atoms with Crippen LogP contribution in [0.5, 0.6) is 0 Å². The lowest BCUT2D eigenvalue weighted by molar-refractivity contribution is -0.125. The number of carbonyl (C=O) groups excluding carboxylic acids is 3. The molecular formula is C14H18N4O3. The second-order valence-electron chi connectivity index (χ2n) is 5.05. The number of anilines is 1. The highest BCUT2D eigenvalue weighted by molar-refractivity contribution is 6.01. The van der Waals surface area contributed by atoms with Crippen molar-refractivity contribution in [2.75, 3.05) is 25.5 Å². The van der Waals surface area contributed by atoms with E-state index in [9.17, 15) is 14.4 Å². The lowest BCUT2D eigenvalue weighted by Gasteiger charge is -2.13. The largest absolute Gasteiger partial charge is 0.326 e. The molecule has 2 rings (SSSR count). The van der Waals surface area contributed by atoms with Crippen molar-refractivity contribution in [2.24, 2.45) is 0 Å². The third-order valence-corrected chi connectivity index (χ3v) is 3.20. The second-order valence-corrected chi connectivity index (χ2v) is 5.05. The van der Waals surface area contributed by atoms with E-state index in [2.05, 4.69) is 10.3 Å². The number of amides is 4. The first-order chi connectivity index (χ1) is 9.97. The van der Waals surface area contributed by atoms with Gasteiger partial charge in [0.1, 0.15) is 12.4 Å². The summed E-state index contributed by atoms with van der Waals surface area (Å²) in [6.07, 6.45) is 2.29. The number of nitrogens with one attached hydrogen (secondary N) is 1. The molecule has 1 aromatic rings. The highest BCUT2D eigenvalue weighted by Gasteiger charge is 2.32. The fraction of sp³-hybridized carbons (Fsp3) is 0.429. The molecule has 1 N–H and O–H groups in total. The highest BCUT2D eigenvalue weighted by atomic mass is 16.2. The summed E-state index contributed by atoms with van der Waals surface area (Å²) in [6, 6.07) is 3.32. The summed E-state index contributed by atoms with van der Waals surface area (Å²) >= 11 is 0. The summed E-state index contributed by atoms with van der Waals surface area (Å²) < 4.78 is 0. The van der Waals surface area contributed by atoms with Gasteiger partial charge < -0.3 is 10.2 Å². The van der Waals surface area contributed by atoms with E-state index in [4.69, 9.17) is 0 Å². The van der Waals surface area contributed by atoms with Crippen LogP contribution in [0.1, 0.15) is 18.4 Å². The molecule has 0 aromatic carbocycles. The zero-order valence-corrected chi connectivity index (χ0v) is 12.1. The molecule has 1 aliphatic rings. The molecule has 0 atom stereocenters. The van der Waals surface area contributed by atoms with E-state index >= 15 is 0 Å². The Bertz CT molecular complexity index is 573. The maximum atomic E-state index is 11.8. The van der Waals surface area contributed by atoms with Gasteiger partial charge in [-0.25, -0.2) is 9.78 Å². The summed E-state index contributed by atoms with van der Waals surface area (Å²) in [4.78, 5) is 41.5. The molecule has 1 aliphatic heterocycles. The molecule has 1 aromatic heterocycles. The molecule has 21 heavy (non-hydrogen) atoms. The average molecular weight is 290 g/mol. The number of aryl methyl sites for hydroxylation is 1. The van der Waals surface area contributed by atoms with Gasteiger partial charge in [0, 0.05) is 26.2 Å². The molecule has 0 bridgehead atoms. The van der Waals surface area contributed by atoms with Crippen LogP contribution in [0.2, 0.25) is 0 Å². The highest BCUT2D eigenvalue weighted by Crippen LogP contribution is 2.10. The van der Waals surface area contributed by atoms with Gasteiger partial charge in [-0.2, -0.15) is 0 Å². The Balaban J connectivity index is 1.77. The molecule has 1 fully saturated rings. The Morgan fingerprint density at radius 1 is 1.43 bits per heavy atom. The number of carbonyl (C=O) groups is 3. The van der Waals surface area contributed by atoms with Gasteiger partial charge in [-0.1, -0.05) is 0 Å². The summed E-state index contributed by atoms with van der Waals surface area (Å²) in [7, 11) is 1.58. The van der Waals surface area contributed by atoms with Gasteiger partial charge in [0.25, 0.3) is 0 Å². The fourth-order valence-corrected chi connectivity index (χ4v) is 2.10. The molecule has 0 saturated carbocycles. The second kappa shape index (κ2) is 6.34. The van der Waals surface area contributed by atoms with Crippen LogP contribution in [0.15, 0.2) is 18.3 Å². The third kappa shape index (κ3) is 3.77. The van der Waals surface area contributed by atoms with E-state index in [1.807, 2.05) is 13.0 Å². The fourth-order valence-electron chi connectivity index (χ4n) is 2.10. The van der Waals surface area contributed by atoms with E-state index < -0.39 is 0 Å². The topological polar surface area (TPSA) is 82.6 Å². The zero-order chi connectivity index (χ0) is 15.4.